The predicted molar refractivity (Wildman–Crippen MR) is 108 cm³/mol. The molecule has 0 aliphatic rings. The van der Waals surface area contributed by atoms with Crippen LogP contribution < -0.4 is 0 Å². The Morgan fingerprint density at radius 1 is 0.917 bits per heavy atom. The Morgan fingerprint density at radius 2 is 1.33 bits per heavy atom. The van der Waals surface area contributed by atoms with Gasteiger partial charge in [0.2, 0.25) is 0 Å². The third-order valence-corrected chi connectivity index (χ3v) is 3.35. The summed E-state index contributed by atoms with van der Waals surface area (Å²) in [5, 5.41) is 0. The number of carbonyl (C=O) groups is 2. The molecular weight excluding hydrogens is 296 g/mol. The van der Waals surface area contributed by atoms with E-state index in [1.807, 2.05) is 19.9 Å². The van der Waals surface area contributed by atoms with Crippen molar-refractivity contribution in [1.29, 1.82) is 0 Å². The second-order valence-electron chi connectivity index (χ2n) is 6.75. The highest BCUT2D eigenvalue weighted by atomic mass is 16.1. The summed E-state index contributed by atoms with van der Waals surface area (Å²) >= 11 is 0. The highest BCUT2D eigenvalue weighted by molar-refractivity contribution is 5.78. The van der Waals surface area contributed by atoms with Gasteiger partial charge < -0.3 is 0 Å². The summed E-state index contributed by atoms with van der Waals surface area (Å²) in [4.78, 5) is 21.6. The molecule has 0 rings (SSSR count). The molecule has 0 aromatic rings. The van der Waals surface area contributed by atoms with Crippen molar-refractivity contribution in [2.45, 2.75) is 74.7 Å². The Labute approximate surface area is 151 Å². The van der Waals surface area contributed by atoms with Crippen molar-refractivity contribution >= 4 is 11.6 Å². The lowest BCUT2D eigenvalue weighted by molar-refractivity contribution is -0.121. The minimum absolute atomic E-state index is 0.0780. The van der Waals surface area contributed by atoms with Crippen LogP contribution >= 0.6 is 0 Å². The normalized spacial score (nSPS) is 12.8. The van der Waals surface area contributed by atoms with E-state index < -0.39 is 0 Å². The van der Waals surface area contributed by atoms with E-state index in [-0.39, 0.29) is 17.6 Å². The molecule has 0 N–H and O–H groups in total. The molecule has 0 unspecified atom stereocenters. The van der Waals surface area contributed by atoms with Crippen LogP contribution in [0.4, 0.5) is 0 Å². The first kappa shape index (κ1) is 27.4. The zero-order valence-corrected chi connectivity index (χ0v) is 17.3. The highest BCUT2D eigenvalue weighted by Crippen LogP contribution is 2.13. The van der Waals surface area contributed by atoms with Gasteiger partial charge in [-0.3, -0.25) is 9.59 Å². The Kier molecular flexibility index (Phi) is 20.5. The molecule has 0 aliphatic heterocycles. The van der Waals surface area contributed by atoms with Crippen LogP contribution in [0.15, 0.2) is 37.0 Å². The first-order valence-corrected chi connectivity index (χ1v) is 9.01. The van der Waals surface area contributed by atoms with Crippen LogP contribution in [-0.2, 0) is 9.59 Å². The van der Waals surface area contributed by atoms with E-state index >= 15 is 0 Å². The van der Waals surface area contributed by atoms with Crippen LogP contribution in [0.5, 0.6) is 0 Å². The number of Topliss-reactive ketones (excluding diaryl/α,β-unsaturated/α-hetero) is 2. The molecule has 0 aromatic carbocycles. The first-order chi connectivity index (χ1) is 11.1. The molecule has 0 aliphatic carbocycles. The SMILES string of the molecule is C=C/C=C(\C=C)C[C@H](C)C(C)=O.CC(=O)[C@@H](C)CC(C)C.CCC. The van der Waals surface area contributed by atoms with Crippen molar-refractivity contribution in [1.82, 2.24) is 0 Å². The Hall–Kier alpha value is -1.44. The molecule has 24 heavy (non-hydrogen) atoms. The zero-order valence-electron chi connectivity index (χ0n) is 17.3. The van der Waals surface area contributed by atoms with Crippen LogP contribution in [0.2, 0.25) is 0 Å². The first-order valence-electron chi connectivity index (χ1n) is 9.01. The fourth-order valence-electron chi connectivity index (χ4n) is 1.74. The standard InChI is InChI=1S/C11H16O.C8H16O.C3H8/c1-5-7-11(6-2)8-9(3)10(4)12;1-6(2)5-7(3)8(4)9;1-3-2/h5-7,9H,1-2,8H2,3-4H3;6-7H,5H2,1-4H3;3H2,1-2H3/b11-7+;;/t9-;7-;/m00./s1. The number of rotatable bonds is 8. The van der Waals surface area contributed by atoms with Crippen LogP contribution in [0, 0.1) is 17.8 Å². The maximum atomic E-state index is 10.9. The van der Waals surface area contributed by atoms with Gasteiger partial charge in [-0.15, -0.1) is 0 Å². The fraction of sp³-hybridized carbons (Fsp3) is 0.636. The molecule has 0 saturated heterocycles. The molecule has 140 valence electrons. The summed E-state index contributed by atoms with van der Waals surface area (Å²) in [6.07, 6.45) is 8.39. The van der Waals surface area contributed by atoms with E-state index in [9.17, 15) is 9.59 Å². The van der Waals surface area contributed by atoms with Crippen molar-refractivity contribution in [3.63, 3.8) is 0 Å². The number of allylic oxidation sites excluding steroid dienone is 4. The summed E-state index contributed by atoms with van der Waals surface area (Å²) in [6.45, 7) is 23.0. The Bertz CT molecular complexity index is 389. The second kappa shape index (κ2) is 17.9. The summed E-state index contributed by atoms with van der Waals surface area (Å²) in [5.41, 5.74) is 1.06. The molecule has 2 atom stereocenters. The van der Waals surface area contributed by atoms with Crippen LogP contribution in [0.3, 0.4) is 0 Å². The molecule has 0 bridgehead atoms. The van der Waals surface area contributed by atoms with Gasteiger partial charge in [0.1, 0.15) is 11.6 Å². The van der Waals surface area contributed by atoms with Crippen molar-refractivity contribution in [3.8, 4) is 0 Å². The Balaban J connectivity index is -0.000000324. The molecule has 2 nitrogen and oxygen atoms in total. The van der Waals surface area contributed by atoms with E-state index in [4.69, 9.17) is 0 Å². The van der Waals surface area contributed by atoms with E-state index in [1.54, 1.807) is 26.0 Å². The van der Waals surface area contributed by atoms with Crippen molar-refractivity contribution in [3.05, 3.63) is 37.0 Å². The van der Waals surface area contributed by atoms with Gasteiger partial charge in [-0.2, -0.15) is 0 Å². The number of ketones is 2. The highest BCUT2D eigenvalue weighted by Gasteiger charge is 2.08. The van der Waals surface area contributed by atoms with E-state index in [0.717, 1.165) is 18.4 Å². The maximum Gasteiger partial charge on any atom is 0.132 e. The van der Waals surface area contributed by atoms with Crippen LogP contribution in [0.25, 0.3) is 0 Å². The molecular formula is C22H40O2. The van der Waals surface area contributed by atoms with Gasteiger partial charge in [0.05, 0.1) is 0 Å². The van der Waals surface area contributed by atoms with Crippen LogP contribution in [-0.4, -0.2) is 11.6 Å². The molecule has 0 spiro atoms. The predicted octanol–water partition coefficient (Wildman–Crippen LogP) is 6.57. The molecule has 0 heterocycles. The largest absolute Gasteiger partial charge is 0.300 e. The summed E-state index contributed by atoms with van der Waals surface area (Å²) in [7, 11) is 0. The molecule has 0 fully saturated rings. The van der Waals surface area contributed by atoms with E-state index in [2.05, 4.69) is 40.9 Å². The van der Waals surface area contributed by atoms with Crippen molar-refractivity contribution < 1.29 is 9.59 Å². The molecule has 0 radical (unpaired) electrons. The van der Waals surface area contributed by atoms with Crippen molar-refractivity contribution in [2.24, 2.45) is 17.8 Å². The minimum atomic E-state index is 0.0780. The maximum absolute atomic E-state index is 10.9. The monoisotopic (exact) mass is 336 g/mol. The lowest BCUT2D eigenvalue weighted by Crippen LogP contribution is -2.08. The van der Waals surface area contributed by atoms with Gasteiger partial charge in [-0.05, 0) is 38.2 Å². The van der Waals surface area contributed by atoms with Gasteiger partial charge in [0, 0.05) is 11.8 Å². The van der Waals surface area contributed by atoms with Crippen molar-refractivity contribution in [2.75, 3.05) is 0 Å². The topological polar surface area (TPSA) is 34.1 Å². The minimum Gasteiger partial charge on any atom is -0.300 e. The fourth-order valence-corrected chi connectivity index (χ4v) is 1.74. The third-order valence-electron chi connectivity index (χ3n) is 3.35. The lowest BCUT2D eigenvalue weighted by atomic mass is 9.96. The quantitative estimate of drug-likeness (QED) is 0.469. The summed E-state index contributed by atoms with van der Waals surface area (Å²) in [6, 6.07) is 0. The molecule has 0 aromatic heterocycles. The van der Waals surface area contributed by atoms with E-state index in [1.165, 1.54) is 6.42 Å². The number of hydrogen-bond acceptors (Lipinski definition) is 2. The number of carbonyl (C=O) groups excluding carboxylic acids is 2. The number of hydrogen-bond donors (Lipinski definition) is 0. The van der Waals surface area contributed by atoms with Crippen LogP contribution in [0.1, 0.15) is 74.7 Å². The van der Waals surface area contributed by atoms with Gasteiger partial charge >= 0.3 is 0 Å². The van der Waals surface area contributed by atoms with Gasteiger partial charge in [-0.25, -0.2) is 0 Å². The third kappa shape index (κ3) is 20.6. The van der Waals surface area contributed by atoms with Gasteiger partial charge in [0.15, 0.2) is 0 Å². The molecule has 2 heteroatoms. The summed E-state index contributed by atoms with van der Waals surface area (Å²) in [5.74, 6) is 1.50. The van der Waals surface area contributed by atoms with E-state index in [0.29, 0.717) is 11.7 Å². The average Bonchev–Trinajstić information content (AvgIpc) is 2.47. The molecule has 0 amide bonds. The van der Waals surface area contributed by atoms with Gasteiger partial charge in [0.25, 0.3) is 0 Å². The Morgan fingerprint density at radius 3 is 1.54 bits per heavy atom. The smallest absolute Gasteiger partial charge is 0.132 e. The summed E-state index contributed by atoms with van der Waals surface area (Å²) < 4.78 is 0. The average molecular weight is 337 g/mol. The lowest BCUT2D eigenvalue weighted by Gasteiger charge is -2.08. The van der Waals surface area contributed by atoms with Gasteiger partial charge in [-0.1, -0.05) is 79.3 Å². The second-order valence-corrected chi connectivity index (χ2v) is 6.75. The zero-order chi connectivity index (χ0) is 19.7. The molecule has 0 saturated carbocycles.